The van der Waals surface area contributed by atoms with Crippen molar-refractivity contribution in [1.82, 2.24) is 18.3 Å². The van der Waals surface area contributed by atoms with Crippen LogP contribution in [0.1, 0.15) is 0 Å². The first kappa shape index (κ1) is 84.6. The third-order valence-corrected chi connectivity index (χ3v) is 40.8. The summed E-state index contributed by atoms with van der Waals surface area (Å²) in [4.78, 5) is 0. The highest BCUT2D eigenvalue weighted by atomic mass is 32.1. The fourth-order valence-electron chi connectivity index (χ4n) is 23.7. The third kappa shape index (κ3) is 13.1. The van der Waals surface area contributed by atoms with Crippen LogP contribution < -0.4 is 0 Å². The highest BCUT2D eigenvalue weighted by molar-refractivity contribution is 7.39. The van der Waals surface area contributed by atoms with Crippen LogP contribution >= 0.6 is 90.7 Å². The quantitative estimate of drug-likeness (QED) is 0.158. The summed E-state index contributed by atoms with van der Waals surface area (Å²) in [5.74, 6) is 0. The largest absolute Gasteiger partial charge is 0.309 e. The second-order valence-electron chi connectivity index (χ2n) is 38.7. The lowest BCUT2D eigenvalue weighted by atomic mass is 9.98. The fraction of sp³-hybridized carbons (Fsp3) is 0. The minimum Gasteiger partial charge on any atom is -0.309 e. The molecule has 0 aliphatic carbocycles. The molecule has 35 rings (SSSR count). The van der Waals surface area contributed by atoms with Gasteiger partial charge in [-0.05, 0) is 210 Å². The Morgan fingerprint density at radius 2 is 0.453 bits per heavy atom. The summed E-state index contributed by atoms with van der Waals surface area (Å²) in [5.41, 5.74) is 20.0. The minimum absolute atomic E-state index is 1.20. The second-order valence-corrected chi connectivity index (χ2v) is 47.0. The zero-order chi connectivity index (χ0) is 96.6. The SMILES string of the molecule is c1cc(-c2cccc3ccccc23)cc(-n2c3ccccc3c3ccc4c5sc6ccccc6c5sc4c32)c1.c1ccc2cc(-c3ccc4cc(-n5c6ccccc6c6ccc7c8sc9ccccc9c8sc7c65)ccc4c3)ccc2c1.c1ccc2cc(-n3c4ccccc4c4c5sc6c7ccccc7sc6c5ccc43)ccc2c1.c1ccc2cc(-n3c4ccccc4c4cc5c(cc43)sc3c4ccccc4sc53)ccc2c1. The van der Waals surface area contributed by atoms with Crippen molar-refractivity contribution in [2.24, 2.45) is 0 Å². The molecule has 0 fully saturated rings. The van der Waals surface area contributed by atoms with Gasteiger partial charge in [0.05, 0.1) is 91.1 Å². The van der Waals surface area contributed by atoms with Crippen molar-refractivity contribution in [1.29, 1.82) is 0 Å². The van der Waals surface area contributed by atoms with Gasteiger partial charge in [0.15, 0.2) is 0 Å². The molecule has 0 amide bonds. The van der Waals surface area contributed by atoms with E-state index in [1.807, 2.05) is 90.7 Å². The molecule has 0 N–H and O–H groups in total. The smallest absolute Gasteiger partial charge is 0.0720 e. The fourth-order valence-corrected chi connectivity index (χ4v) is 34.8. The van der Waals surface area contributed by atoms with Crippen molar-refractivity contribution in [3.05, 3.63) is 473 Å². The van der Waals surface area contributed by atoms with Crippen molar-refractivity contribution < 1.29 is 0 Å². The van der Waals surface area contributed by atoms with Gasteiger partial charge in [-0.2, -0.15) is 0 Å². The Morgan fingerprint density at radius 3 is 0.980 bits per heavy atom. The van der Waals surface area contributed by atoms with Crippen LogP contribution in [0, 0.1) is 0 Å². The maximum atomic E-state index is 2.49. The van der Waals surface area contributed by atoms with Gasteiger partial charge in [-0.25, -0.2) is 0 Å². The van der Waals surface area contributed by atoms with E-state index in [1.165, 1.54) is 304 Å². The average Bonchev–Trinajstić information content (AvgIpc) is 1.55. The zero-order valence-electron chi connectivity index (χ0n) is 79.1. The molecule has 0 saturated heterocycles. The van der Waals surface area contributed by atoms with E-state index in [9.17, 15) is 0 Å². The number of rotatable bonds is 6. The molecule has 12 heterocycles. The molecule has 690 valence electrons. The summed E-state index contributed by atoms with van der Waals surface area (Å²) in [6.45, 7) is 0. The number of aromatic nitrogens is 4. The Balaban J connectivity index is 0.0000000880. The number of para-hydroxylation sites is 4. The Kier molecular flexibility index (Phi) is 19.1. The molecule has 0 radical (unpaired) electrons. The third-order valence-electron chi connectivity index (χ3n) is 30.5. The van der Waals surface area contributed by atoms with Gasteiger partial charge >= 0.3 is 0 Å². The first-order valence-electron chi connectivity index (χ1n) is 50.0. The molecule has 4 nitrogen and oxygen atoms in total. The van der Waals surface area contributed by atoms with E-state index in [0.29, 0.717) is 0 Å². The van der Waals surface area contributed by atoms with Gasteiger partial charge in [-0.15, -0.1) is 90.7 Å². The maximum absolute atomic E-state index is 2.49. The van der Waals surface area contributed by atoms with E-state index in [2.05, 4.69) is 491 Å². The molecule has 12 heteroatoms. The van der Waals surface area contributed by atoms with Gasteiger partial charge in [0.1, 0.15) is 0 Å². The van der Waals surface area contributed by atoms with E-state index < -0.39 is 0 Å². The predicted molar refractivity (Wildman–Crippen MR) is 655 cm³/mol. The van der Waals surface area contributed by atoms with Gasteiger partial charge in [0.25, 0.3) is 0 Å². The van der Waals surface area contributed by atoms with Gasteiger partial charge in [0, 0.05) is 137 Å². The lowest BCUT2D eigenvalue weighted by Gasteiger charge is -2.12. The van der Waals surface area contributed by atoms with Crippen molar-refractivity contribution in [2.45, 2.75) is 0 Å². The lowest BCUT2D eigenvalue weighted by Crippen LogP contribution is -1.94. The molecule has 148 heavy (non-hydrogen) atoms. The molecule has 0 aliphatic heterocycles. The summed E-state index contributed by atoms with van der Waals surface area (Å²) < 4.78 is 32.1. The highest BCUT2D eigenvalue weighted by Gasteiger charge is 2.27. The number of benzene rings is 23. The predicted octanol–water partition coefficient (Wildman–Crippen LogP) is 42.6. The first-order valence-corrected chi connectivity index (χ1v) is 56.6. The van der Waals surface area contributed by atoms with Crippen LogP contribution in [0.2, 0.25) is 0 Å². The average molecular weight is 2020 g/mol. The molecule has 0 saturated carbocycles. The molecule has 23 aromatic carbocycles. The van der Waals surface area contributed by atoms with Crippen molar-refractivity contribution in [2.75, 3.05) is 0 Å². The number of nitrogens with zero attached hydrogens (tertiary/aromatic N) is 4. The van der Waals surface area contributed by atoms with Crippen LogP contribution in [-0.4, -0.2) is 18.3 Å². The molecular weight excluding hydrogens is 1950 g/mol. The number of hydrogen-bond acceptors (Lipinski definition) is 8. The maximum Gasteiger partial charge on any atom is 0.0720 e. The number of hydrogen-bond donors (Lipinski definition) is 0. The molecule has 0 unspecified atom stereocenters. The van der Waals surface area contributed by atoms with Gasteiger partial charge < -0.3 is 18.3 Å². The van der Waals surface area contributed by atoms with Gasteiger partial charge in [0.2, 0.25) is 0 Å². The minimum atomic E-state index is 1.20. The number of fused-ring (bicyclic) bond motifs is 40. The normalized spacial score (nSPS) is 12.2. The lowest BCUT2D eigenvalue weighted by molar-refractivity contribution is 1.19. The summed E-state index contributed by atoms with van der Waals surface area (Å²) in [6, 6.07) is 174. The summed E-state index contributed by atoms with van der Waals surface area (Å²) >= 11 is 15.4. The van der Waals surface area contributed by atoms with Gasteiger partial charge in [-0.1, -0.05) is 340 Å². The van der Waals surface area contributed by atoms with Gasteiger partial charge in [-0.3, -0.25) is 0 Å². The van der Waals surface area contributed by atoms with Crippen LogP contribution in [-0.2, 0) is 0 Å². The second kappa shape index (κ2) is 33.4. The van der Waals surface area contributed by atoms with Crippen LogP contribution in [0.15, 0.2) is 473 Å². The molecule has 12 aromatic heterocycles. The van der Waals surface area contributed by atoms with Crippen molar-refractivity contribution in [3.8, 4) is 45.0 Å². The van der Waals surface area contributed by atoms with E-state index in [0.717, 1.165) is 0 Å². The molecule has 0 bridgehead atoms. The highest BCUT2D eigenvalue weighted by Crippen LogP contribution is 2.55. The monoisotopic (exact) mass is 2020 g/mol. The molecule has 35 aromatic rings. The van der Waals surface area contributed by atoms with E-state index in [1.54, 1.807) is 0 Å². The Morgan fingerprint density at radius 1 is 0.128 bits per heavy atom. The van der Waals surface area contributed by atoms with Crippen LogP contribution in [0.5, 0.6) is 0 Å². The van der Waals surface area contributed by atoms with Crippen molar-refractivity contribution in [3.63, 3.8) is 0 Å². The molecule has 0 spiro atoms. The molecule has 0 atom stereocenters. The Bertz CT molecular complexity index is 11700. The van der Waals surface area contributed by atoms with Crippen LogP contribution in [0.3, 0.4) is 0 Å². The summed E-state index contributed by atoms with van der Waals surface area (Å²) in [6.07, 6.45) is 0. The van der Waals surface area contributed by atoms with Crippen LogP contribution in [0.4, 0.5) is 0 Å². The molecule has 0 aliphatic rings. The number of thiophene rings is 8. The standard InChI is InChI=1S/C40H23NS2.C36H21NS2.2C30H17NS2/c1-2-8-25-21-26(14-13-24(25)7-1)27-15-16-29-23-30(18-17-28(29)22-27)41-35-11-5-3-9-31(35)32-19-20-34-38(37(32)41)43-39-33-10-4-6-12-36(33)42-40(34)39;1-2-13-25-22(9-1)10-8-16-26(25)23-11-7-12-24(21-23)37-31-17-5-3-14-27(31)28-19-20-30-34(33(28)37)39-35-29-15-4-6-18-32(29)38-36(30)35;1-2-8-19-15-20(14-13-18(19)7-1)31-25-11-5-3-9-21(25)23-16-24-28(17-26(23)31)33-29-22-10-4-6-12-27(22)32-30(24)29;1-2-8-19-17-20(14-13-18(19)7-1)31-24-11-5-3-9-21(24)27-25(31)16-15-23-28(27)33-29-22-10-4-6-12-26(22)32-30(23)29/h1-23H;1-21H;2*1-17H. The zero-order valence-corrected chi connectivity index (χ0v) is 85.6. The van der Waals surface area contributed by atoms with E-state index >= 15 is 0 Å². The molecular formula is C136H78N4S8. The topological polar surface area (TPSA) is 19.7 Å². The van der Waals surface area contributed by atoms with E-state index in [-0.39, 0.29) is 0 Å². The first-order chi connectivity index (χ1) is 73.4. The Hall–Kier alpha value is -16.7. The van der Waals surface area contributed by atoms with Crippen molar-refractivity contribution >= 4 is 350 Å². The van der Waals surface area contributed by atoms with E-state index in [4.69, 9.17) is 0 Å². The Labute approximate surface area is 878 Å². The summed E-state index contributed by atoms with van der Waals surface area (Å²) in [7, 11) is 0. The van der Waals surface area contributed by atoms with Crippen LogP contribution in [0.25, 0.3) is 304 Å². The summed E-state index contributed by atoms with van der Waals surface area (Å²) in [5, 5.41) is 34.2.